The molecule has 0 bridgehead atoms. The number of hydrogen-bond donors (Lipinski definition) is 2. The number of aliphatic carboxylic acids is 1. The van der Waals surface area contributed by atoms with Crippen molar-refractivity contribution in [2.24, 2.45) is 0 Å². The number of amides is 1. The zero-order valence-electron chi connectivity index (χ0n) is 13.9. The molecule has 1 amide bonds. The summed E-state index contributed by atoms with van der Waals surface area (Å²) in [6.45, 7) is 3.65. The van der Waals surface area contributed by atoms with Gasteiger partial charge < -0.3 is 15.2 Å². The number of carbonyl (C=O) groups is 2. The van der Waals surface area contributed by atoms with Crippen LogP contribution >= 0.6 is 11.3 Å². The Morgan fingerprint density at radius 2 is 1.85 bits per heavy atom. The Bertz CT molecular complexity index is 799. The molecule has 1 aromatic carbocycles. The molecule has 2 rings (SSSR count). The number of benzene rings is 1. The molecule has 2 N–H and O–H groups in total. The molecule has 5 nitrogen and oxygen atoms in total. The third-order valence-electron chi connectivity index (χ3n) is 3.73. The van der Waals surface area contributed by atoms with Crippen LogP contribution in [0.25, 0.3) is 0 Å². The molecule has 0 spiro atoms. The Balaban J connectivity index is 2.20. The summed E-state index contributed by atoms with van der Waals surface area (Å²) in [6.07, 6.45) is -5.22. The van der Waals surface area contributed by atoms with Gasteiger partial charge in [0.2, 0.25) is 0 Å². The highest BCUT2D eigenvalue weighted by Gasteiger charge is 2.31. The van der Waals surface area contributed by atoms with Crippen molar-refractivity contribution in [3.05, 3.63) is 51.2 Å². The molecule has 0 radical (unpaired) electrons. The quantitative estimate of drug-likeness (QED) is 0.779. The van der Waals surface area contributed by atoms with Crippen LogP contribution in [-0.4, -0.2) is 23.3 Å². The Kier molecular flexibility index (Phi) is 5.91. The molecule has 0 aliphatic rings. The number of aryl methyl sites for hydroxylation is 1. The van der Waals surface area contributed by atoms with Crippen LogP contribution < -0.4 is 10.1 Å². The minimum Gasteiger partial charge on any atom is -0.481 e. The first-order valence-electron chi connectivity index (χ1n) is 7.50. The van der Waals surface area contributed by atoms with E-state index in [1.807, 2.05) is 6.92 Å². The smallest absolute Gasteiger partial charge is 0.481 e. The first-order valence-corrected chi connectivity index (χ1v) is 8.38. The zero-order valence-corrected chi connectivity index (χ0v) is 14.7. The van der Waals surface area contributed by atoms with Gasteiger partial charge in [0.05, 0.1) is 18.0 Å². The molecule has 2 aromatic rings. The molecular weight excluding hydrogens is 371 g/mol. The summed E-state index contributed by atoms with van der Waals surface area (Å²) in [5.41, 5.74) is 1.61. The number of alkyl halides is 3. The highest BCUT2D eigenvalue weighted by Crippen LogP contribution is 2.26. The molecule has 140 valence electrons. The number of hydrogen-bond acceptors (Lipinski definition) is 4. The summed E-state index contributed by atoms with van der Waals surface area (Å²) in [7, 11) is 0. The first kappa shape index (κ1) is 19.8. The van der Waals surface area contributed by atoms with Gasteiger partial charge in [-0.2, -0.15) is 0 Å². The van der Waals surface area contributed by atoms with Crippen LogP contribution in [0.5, 0.6) is 5.75 Å². The largest absolute Gasteiger partial charge is 0.573 e. The molecule has 0 fully saturated rings. The average Bonchev–Trinajstić information content (AvgIpc) is 2.85. The van der Waals surface area contributed by atoms with E-state index in [2.05, 4.69) is 10.1 Å². The van der Waals surface area contributed by atoms with Gasteiger partial charge in [0.15, 0.2) is 0 Å². The summed E-state index contributed by atoms with van der Waals surface area (Å²) in [4.78, 5) is 24.5. The van der Waals surface area contributed by atoms with Gasteiger partial charge in [-0.15, -0.1) is 24.5 Å². The van der Waals surface area contributed by atoms with Gasteiger partial charge >= 0.3 is 12.3 Å². The second kappa shape index (κ2) is 7.77. The number of thiophene rings is 1. The monoisotopic (exact) mass is 387 g/mol. The lowest BCUT2D eigenvalue weighted by atomic mass is 10.0. The van der Waals surface area contributed by atoms with Crippen molar-refractivity contribution in [2.75, 3.05) is 0 Å². The Morgan fingerprint density at radius 3 is 2.31 bits per heavy atom. The van der Waals surface area contributed by atoms with E-state index in [1.165, 1.54) is 23.5 Å². The van der Waals surface area contributed by atoms with Crippen LogP contribution in [0.1, 0.15) is 38.8 Å². The molecule has 26 heavy (non-hydrogen) atoms. The second-order valence-corrected chi connectivity index (χ2v) is 6.66. The van der Waals surface area contributed by atoms with Crippen LogP contribution in [-0.2, 0) is 4.79 Å². The molecule has 0 aliphatic carbocycles. The van der Waals surface area contributed by atoms with E-state index >= 15 is 0 Å². The minimum atomic E-state index is -4.81. The number of carboxylic acid groups (broad SMARTS) is 1. The van der Waals surface area contributed by atoms with E-state index in [9.17, 15) is 22.8 Å². The minimum absolute atomic E-state index is 0.361. The fourth-order valence-corrected chi connectivity index (χ4v) is 3.17. The van der Waals surface area contributed by atoms with E-state index in [0.717, 1.165) is 22.6 Å². The van der Waals surface area contributed by atoms with Crippen LogP contribution in [0.4, 0.5) is 13.2 Å². The fraction of sp³-hybridized carbons (Fsp3) is 0.294. The van der Waals surface area contributed by atoms with Gasteiger partial charge in [0, 0.05) is 10.3 Å². The molecular formula is C17H16F3NO4S. The second-order valence-electron chi connectivity index (χ2n) is 5.57. The number of carboxylic acids is 1. The molecule has 0 saturated heterocycles. The van der Waals surface area contributed by atoms with Gasteiger partial charge in [-0.1, -0.05) is 12.1 Å². The SMILES string of the molecule is Cc1scc(C(=O)NC(CC(=O)O)c2ccc(OC(F)(F)F)cc2)c1C. The first-order chi connectivity index (χ1) is 12.1. The molecule has 1 atom stereocenters. The van der Waals surface area contributed by atoms with Crippen LogP contribution in [0.3, 0.4) is 0 Å². The van der Waals surface area contributed by atoms with Gasteiger partial charge in [0.1, 0.15) is 5.75 Å². The van der Waals surface area contributed by atoms with Crippen molar-refractivity contribution < 1.29 is 32.6 Å². The Morgan fingerprint density at radius 1 is 1.23 bits per heavy atom. The number of carbonyl (C=O) groups excluding carboxylic acids is 1. The van der Waals surface area contributed by atoms with E-state index in [1.54, 1.807) is 12.3 Å². The van der Waals surface area contributed by atoms with Crippen molar-refractivity contribution in [3.63, 3.8) is 0 Å². The highest BCUT2D eigenvalue weighted by atomic mass is 32.1. The number of nitrogens with one attached hydrogen (secondary N) is 1. The fourth-order valence-electron chi connectivity index (χ4n) is 2.30. The van der Waals surface area contributed by atoms with Crippen LogP contribution in [0.15, 0.2) is 29.6 Å². The van der Waals surface area contributed by atoms with E-state index in [4.69, 9.17) is 5.11 Å². The van der Waals surface area contributed by atoms with Crippen molar-refractivity contribution in [2.45, 2.75) is 32.7 Å². The summed E-state index contributed by atoms with van der Waals surface area (Å²) < 4.78 is 40.4. The third kappa shape index (κ3) is 5.22. The van der Waals surface area contributed by atoms with Crippen molar-refractivity contribution >= 4 is 23.2 Å². The molecule has 1 aromatic heterocycles. The summed E-state index contributed by atoms with van der Waals surface area (Å²) in [5, 5.41) is 13.4. The number of halogens is 3. The summed E-state index contributed by atoms with van der Waals surface area (Å²) in [6, 6.07) is 3.84. The molecule has 9 heteroatoms. The maximum atomic E-state index is 12.4. The van der Waals surface area contributed by atoms with Gasteiger partial charge in [-0.25, -0.2) is 0 Å². The van der Waals surface area contributed by atoms with Crippen LogP contribution in [0.2, 0.25) is 0 Å². The lowest BCUT2D eigenvalue weighted by Gasteiger charge is -2.18. The maximum Gasteiger partial charge on any atom is 0.573 e. The number of rotatable bonds is 6. The Labute approximate surface area is 151 Å². The molecule has 1 heterocycles. The normalized spacial score (nSPS) is 12.5. The number of ether oxygens (including phenoxy) is 1. The predicted molar refractivity (Wildman–Crippen MR) is 89.4 cm³/mol. The molecule has 1 unspecified atom stereocenters. The summed E-state index contributed by atoms with van der Waals surface area (Å²) in [5.74, 6) is -2.01. The van der Waals surface area contributed by atoms with E-state index < -0.39 is 36.5 Å². The van der Waals surface area contributed by atoms with E-state index in [0.29, 0.717) is 11.1 Å². The van der Waals surface area contributed by atoms with Crippen molar-refractivity contribution in [3.8, 4) is 5.75 Å². The van der Waals surface area contributed by atoms with Crippen molar-refractivity contribution in [1.29, 1.82) is 0 Å². The topological polar surface area (TPSA) is 75.6 Å². The predicted octanol–water partition coefficient (Wildman–Crippen LogP) is 4.21. The molecule has 0 aliphatic heterocycles. The third-order valence-corrected chi connectivity index (χ3v) is 4.74. The molecule has 0 saturated carbocycles. The van der Waals surface area contributed by atoms with Gasteiger partial charge in [0.25, 0.3) is 5.91 Å². The lowest BCUT2D eigenvalue weighted by molar-refractivity contribution is -0.274. The average molecular weight is 387 g/mol. The standard InChI is InChI=1S/C17H16F3NO4S/c1-9-10(2)26-8-13(9)16(24)21-14(7-15(22)23)11-3-5-12(6-4-11)25-17(18,19)20/h3-6,8,14H,7H2,1-2H3,(H,21,24)(H,22,23). The zero-order chi connectivity index (χ0) is 19.5. The highest BCUT2D eigenvalue weighted by molar-refractivity contribution is 7.10. The van der Waals surface area contributed by atoms with E-state index in [-0.39, 0.29) is 0 Å². The van der Waals surface area contributed by atoms with Gasteiger partial charge in [-0.05, 0) is 37.1 Å². The lowest BCUT2D eigenvalue weighted by Crippen LogP contribution is -2.30. The summed E-state index contributed by atoms with van der Waals surface area (Å²) >= 11 is 1.40. The maximum absolute atomic E-state index is 12.4. The van der Waals surface area contributed by atoms with Crippen molar-refractivity contribution in [1.82, 2.24) is 5.32 Å². The van der Waals surface area contributed by atoms with Gasteiger partial charge in [-0.3, -0.25) is 9.59 Å². The van der Waals surface area contributed by atoms with Crippen LogP contribution in [0, 0.1) is 13.8 Å². The Hall–Kier alpha value is -2.55.